The summed E-state index contributed by atoms with van der Waals surface area (Å²) >= 11 is 0. The number of carbonyl (C=O) groups is 1. The second-order valence-corrected chi connectivity index (χ2v) is 7.77. The minimum atomic E-state index is -0.0973. The highest BCUT2D eigenvalue weighted by Gasteiger charge is 2.11. The molecule has 0 aliphatic rings. The molecule has 0 saturated carbocycles. The second-order valence-electron chi connectivity index (χ2n) is 7.77. The van der Waals surface area contributed by atoms with Crippen LogP contribution in [0.25, 0.3) is 16.7 Å². The highest BCUT2D eigenvalue weighted by Crippen LogP contribution is 2.23. The van der Waals surface area contributed by atoms with E-state index in [-0.39, 0.29) is 5.91 Å². The van der Waals surface area contributed by atoms with Crippen molar-refractivity contribution in [2.24, 2.45) is 5.10 Å². The standard InChI is InChI=1S/C24H26N8O2/c1-31(2)12-11-25-24(33)18-9-7-17(8-10-18)14-28-30-22-21-15-29-32(23(21)27-16-26-22)19-5-4-6-20(13-19)34-3/h4-10,13-16H,11-12H2,1-3H3,(H,25,33)(H,26,27,30)/b28-14-. The fourth-order valence-corrected chi connectivity index (χ4v) is 3.25. The van der Waals surface area contributed by atoms with E-state index in [1.165, 1.54) is 6.33 Å². The first-order valence-corrected chi connectivity index (χ1v) is 10.7. The van der Waals surface area contributed by atoms with Gasteiger partial charge in [0.25, 0.3) is 5.91 Å². The molecular formula is C24H26N8O2. The summed E-state index contributed by atoms with van der Waals surface area (Å²) in [6.45, 7) is 1.39. The number of benzene rings is 2. The first-order chi connectivity index (χ1) is 16.5. The van der Waals surface area contributed by atoms with E-state index in [2.05, 4.69) is 30.9 Å². The summed E-state index contributed by atoms with van der Waals surface area (Å²) in [6.07, 6.45) is 4.81. The molecule has 2 N–H and O–H groups in total. The highest BCUT2D eigenvalue weighted by molar-refractivity contribution is 5.95. The summed E-state index contributed by atoms with van der Waals surface area (Å²) in [6, 6.07) is 14.8. The molecule has 10 heteroatoms. The van der Waals surface area contributed by atoms with E-state index in [0.29, 0.717) is 23.6 Å². The van der Waals surface area contributed by atoms with Crippen LogP contribution in [-0.2, 0) is 0 Å². The van der Waals surface area contributed by atoms with E-state index < -0.39 is 0 Å². The number of rotatable bonds is 9. The normalized spacial score (nSPS) is 11.3. The van der Waals surface area contributed by atoms with Crippen molar-refractivity contribution in [2.75, 3.05) is 39.7 Å². The van der Waals surface area contributed by atoms with E-state index in [9.17, 15) is 4.79 Å². The number of ether oxygens (including phenoxy) is 1. The van der Waals surface area contributed by atoms with Gasteiger partial charge in [-0.05, 0) is 43.9 Å². The number of carbonyl (C=O) groups excluding carboxylic acids is 1. The van der Waals surface area contributed by atoms with Crippen LogP contribution in [0.2, 0.25) is 0 Å². The maximum Gasteiger partial charge on any atom is 0.251 e. The zero-order valence-electron chi connectivity index (χ0n) is 19.3. The van der Waals surface area contributed by atoms with Crippen molar-refractivity contribution < 1.29 is 9.53 Å². The fourth-order valence-electron chi connectivity index (χ4n) is 3.25. The maximum atomic E-state index is 12.2. The maximum absolute atomic E-state index is 12.2. The Morgan fingerprint density at radius 3 is 2.76 bits per heavy atom. The van der Waals surface area contributed by atoms with Crippen LogP contribution < -0.4 is 15.5 Å². The molecule has 0 fully saturated rings. The van der Waals surface area contributed by atoms with E-state index in [4.69, 9.17) is 4.74 Å². The molecule has 0 radical (unpaired) electrons. The van der Waals surface area contributed by atoms with Crippen molar-refractivity contribution in [3.05, 3.63) is 72.2 Å². The molecule has 0 unspecified atom stereocenters. The molecule has 0 atom stereocenters. The van der Waals surface area contributed by atoms with Gasteiger partial charge >= 0.3 is 0 Å². The van der Waals surface area contributed by atoms with Crippen LogP contribution in [-0.4, -0.2) is 71.1 Å². The molecule has 0 bridgehead atoms. The third kappa shape index (κ3) is 5.36. The summed E-state index contributed by atoms with van der Waals surface area (Å²) in [7, 11) is 5.55. The van der Waals surface area contributed by atoms with Crippen molar-refractivity contribution in [2.45, 2.75) is 0 Å². The molecule has 0 spiro atoms. The Labute approximate surface area is 197 Å². The quantitative estimate of drug-likeness (QED) is 0.293. The summed E-state index contributed by atoms with van der Waals surface area (Å²) in [5.41, 5.74) is 5.87. The molecule has 0 aliphatic carbocycles. The van der Waals surface area contributed by atoms with Gasteiger partial charge in [0.2, 0.25) is 0 Å². The van der Waals surface area contributed by atoms with Gasteiger partial charge in [-0.15, -0.1) is 0 Å². The Morgan fingerprint density at radius 1 is 1.18 bits per heavy atom. The molecule has 34 heavy (non-hydrogen) atoms. The predicted molar refractivity (Wildman–Crippen MR) is 132 cm³/mol. The van der Waals surface area contributed by atoms with E-state index in [1.807, 2.05) is 55.4 Å². The minimum absolute atomic E-state index is 0.0973. The largest absolute Gasteiger partial charge is 0.497 e. The number of hydrogen-bond acceptors (Lipinski definition) is 8. The smallest absolute Gasteiger partial charge is 0.251 e. The topological polar surface area (TPSA) is 110 Å². The van der Waals surface area contributed by atoms with Gasteiger partial charge in [0.05, 0.1) is 30.6 Å². The van der Waals surface area contributed by atoms with Gasteiger partial charge in [0.15, 0.2) is 11.5 Å². The van der Waals surface area contributed by atoms with E-state index in [0.717, 1.165) is 28.9 Å². The predicted octanol–water partition coefficient (Wildman–Crippen LogP) is 2.56. The molecule has 2 aromatic carbocycles. The van der Waals surface area contributed by atoms with Gasteiger partial charge in [-0.25, -0.2) is 14.6 Å². The summed E-state index contributed by atoms with van der Waals surface area (Å²) in [5.74, 6) is 1.17. The fraction of sp³-hybridized carbons (Fsp3) is 0.208. The summed E-state index contributed by atoms with van der Waals surface area (Å²) in [5, 5.41) is 12.4. The van der Waals surface area contributed by atoms with Crippen molar-refractivity contribution in [3.63, 3.8) is 0 Å². The van der Waals surface area contributed by atoms with Crippen molar-refractivity contribution in [3.8, 4) is 11.4 Å². The molecule has 0 aliphatic heterocycles. The minimum Gasteiger partial charge on any atom is -0.497 e. The third-order valence-corrected chi connectivity index (χ3v) is 5.07. The average molecular weight is 459 g/mol. The number of anilines is 1. The van der Waals surface area contributed by atoms with Crippen molar-refractivity contribution >= 4 is 29.0 Å². The number of likely N-dealkylation sites (N-methyl/N-ethyl adjacent to an activating group) is 1. The number of nitrogens with zero attached hydrogens (tertiary/aromatic N) is 6. The molecular weight excluding hydrogens is 432 g/mol. The molecule has 2 heterocycles. The molecule has 10 nitrogen and oxygen atoms in total. The van der Waals surface area contributed by atoms with Crippen LogP contribution in [0.5, 0.6) is 5.75 Å². The van der Waals surface area contributed by atoms with Crippen LogP contribution >= 0.6 is 0 Å². The van der Waals surface area contributed by atoms with Gasteiger partial charge in [0.1, 0.15) is 12.1 Å². The van der Waals surface area contributed by atoms with Crippen LogP contribution in [0.3, 0.4) is 0 Å². The number of nitrogens with one attached hydrogen (secondary N) is 2. The number of fused-ring (bicyclic) bond motifs is 1. The Bertz CT molecular complexity index is 1300. The Hall–Kier alpha value is -4.31. The van der Waals surface area contributed by atoms with Gasteiger partial charge in [-0.1, -0.05) is 18.2 Å². The number of aromatic nitrogens is 4. The molecule has 2 aromatic heterocycles. The zero-order chi connectivity index (χ0) is 23.9. The number of amides is 1. The first kappa shape index (κ1) is 22.9. The van der Waals surface area contributed by atoms with Gasteiger partial charge in [0, 0.05) is 24.7 Å². The van der Waals surface area contributed by atoms with E-state index >= 15 is 0 Å². The zero-order valence-corrected chi connectivity index (χ0v) is 19.3. The molecule has 4 aromatic rings. The van der Waals surface area contributed by atoms with Gasteiger partial charge in [-0.3, -0.25) is 10.2 Å². The lowest BCUT2D eigenvalue weighted by Gasteiger charge is -2.10. The first-order valence-electron chi connectivity index (χ1n) is 10.7. The van der Waals surface area contributed by atoms with Crippen LogP contribution in [0, 0.1) is 0 Å². The average Bonchev–Trinajstić information content (AvgIpc) is 3.29. The SMILES string of the molecule is COc1cccc(-n2ncc3c(N/N=C\c4ccc(C(=O)NCCN(C)C)cc4)ncnc32)c1. The Kier molecular flexibility index (Phi) is 7.09. The highest BCUT2D eigenvalue weighted by atomic mass is 16.5. The van der Waals surface area contributed by atoms with Crippen LogP contribution in [0.1, 0.15) is 15.9 Å². The second kappa shape index (κ2) is 10.5. The Morgan fingerprint density at radius 2 is 2.00 bits per heavy atom. The van der Waals surface area contributed by atoms with Crippen molar-refractivity contribution in [1.29, 1.82) is 0 Å². The summed E-state index contributed by atoms with van der Waals surface area (Å²) < 4.78 is 7.02. The van der Waals surface area contributed by atoms with E-state index in [1.54, 1.807) is 36.3 Å². The van der Waals surface area contributed by atoms with Crippen LogP contribution in [0.4, 0.5) is 5.82 Å². The summed E-state index contributed by atoms with van der Waals surface area (Å²) in [4.78, 5) is 22.9. The third-order valence-electron chi connectivity index (χ3n) is 5.07. The number of hydrazone groups is 1. The van der Waals surface area contributed by atoms with Crippen LogP contribution in [0.15, 0.2) is 66.2 Å². The molecule has 174 valence electrons. The van der Waals surface area contributed by atoms with Gasteiger partial charge < -0.3 is 15.0 Å². The Balaban J connectivity index is 1.44. The molecule has 1 amide bonds. The molecule has 4 rings (SSSR count). The number of hydrogen-bond donors (Lipinski definition) is 2. The monoisotopic (exact) mass is 458 g/mol. The van der Waals surface area contributed by atoms with Gasteiger partial charge in [-0.2, -0.15) is 10.2 Å². The lowest BCUT2D eigenvalue weighted by Crippen LogP contribution is -2.31. The lowest BCUT2D eigenvalue weighted by atomic mass is 10.1. The van der Waals surface area contributed by atoms with Crippen molar-refractivity contribution in [1.82, 2.24) is 30.0 Å². The lowest BCUT2D eigenvalue weighted by molar-refractivity contribution is 0.0951. The molecule has 0 saturated heterocycles. The number of methoxy groups -OCH3 is 1.